The third-order valence-electron chi connectivity index (χ3n) is 2.68. The van der Waals surface area contributed by atoms with E-state index in [9.17, 15) is 8.42 Å². The number of aromatic nitrogens is 2. The van der Waals surface area contributed by atoms with Crippen LogP contribution in [0.5, 0.6) is 0 Å². The second kappa shape index (κ2) is 3.80. The number of hydrogen-bond donors (Lipinski definition) is 2. The third-order valence-corrected chi connectivity index (χ3v) is 4.20. The van der Waals surface area contributed by atoms with Crippen molar-refractivity contribution in [2.24, 2.45) is 0 Å². The predicted molar refractivity (Wildman–Crippen MR) is 61.0 cm³/mol. The van der Waals surface area contributed by atoms with Crippen molar-refractivity contribution in [1.82, 2.24) is 14.9 Å². The lowest BCUT2D eigenvalue weighted by atomic mass is 10.3. The number of benzene rings is 1. The summed E-state index contributed by atoms with van der Waals surface area (Å²) in [6.07, 6.45) is 1.65. The Balaban J connectivity index is 1.95. The summed E-state index contributed by atoms with van der Waals surface area (Å²) in [7, 11) is -3.47. The van der Waals surface area contributed by atoms with Gasteiger partial charge in [-0.1, -0.05) is 0 Å². The molecule has 1 aromatic carbocycles. The number of sulfonamides is 1. The van der Waals surface area contributed by atoms with E-state index in [2.05, 4.69) is 14.9 Å². The van der Waals surface area contributed by atoms with Crippen LogP contribution in [0.15, 0.2) is 29.3 Å². The zero-order chi connectivity index (χ0) is 11.9. The number of aromatic amines is 1. The van der Waals surface area contributed by atoms with Crippen LogP contribution in [0, 0.1) is 0 Å². The molecule has 1 aliphatic rings. The van der Waals surface area contributed by atoms with E-state index in [1.807, 2.05) is 0 Å². The van der Waals surface area contributed by atoms with Crippen molar-refractivity contribution in [2.75, 3.05) is 13.2 Å². The van der Waals surface area contributed by atoms with Crippen LogP contribution in [-0.2, 0) is 14.8 Å². The molecule has 3 rings (SSSR count). The van der Waals surface area contributed by atoms with E-state index in [-0.39, 0.29) is 10.9 Å². The van der Waals surface area contributed by atoms with E-state index in [1.54, 1.807) is 24.4 Å². The van der Waals surface area contributed by atoms with E-state index in [0.717, 1.165) is 5.39 Å². The Hall–Kier alpha value is -1.44. The molecule has 0 radical (unpaired) electrons. The average Bonchev–Trinajstić information content (AvgIpc) is 2.70. The van der Waals surface area contributed by atoms with Crippen molar-refractivity contribution in [3.8, 4) is 0 Å². The first-order valence-corrected chi connectivity index (χ1v) is 6.67. The summed E-state index contributed by atoms with van der Waals surface area (Å²) in [6, 6.07) is 4.76. The fourth-order valence-corrected chi connectivity index (χ4v) is 2.91. The SMILES string of the molecule is O=S(=O)(NC1COC1)c1ccc2cn[nH]c2c1. The van der Waals surface area contributed by atoms with Crippen LogP contribution >= 0.6 is 0 Å². The van der Waals surface area contributed by atoms with Crippen LogP contribution in [0.25, 0.3) is 10.9 Å². The Bertz CT molecular complexity index is 646. The standard InChI is InChI=1S/C10H11N3O3S/c14-17(15,13-8-5-16-6-8)9-2-1-7-4-11-12-10(7)3-9/h1-4,8,13H,5-6H2,(H,11,12). The Kier molecular flexibility index (Phi) is 2.39. The molecule has 1 saturated heterocycles. The Morgan fingerprint density at radius 3 is 2.94 bits per heavy atom. The number of ether oxygens (including phenoxy) is 1. The number of rotatable bonds is 3. The second-order valence-electron chi connectivity index (χ2n) is 3.97. The van der Waals surface area contributed by atoms with Gasteiger partial charge in [0.1, 0.15) is 0 Å². The minimum absolute atomic E-state index is 0.113. The lowest BCUT2D eigenvalue weighted by molar-refractivity contribution is 0.00482. The monoisotopic (exact) mass is 253 g/mol. The van der Waals surface area contributed by atoms with Crippen molar-refractivity contribution in [1.29, 1.82) is 0 Å². The fourth-order valence-electron chi connectivity index (χ4n) is 1.67. The highest BCUT2D eigenvalue weighted by Crippen LogP contribution is 2.17. The van der Waals surface area contributed by atoms with Gasteiger partial charge in [0.15, 0.2) is 0 Å². The summed E-state index contributed by atoms with van der Waals surface area (Å²) >= 11 is 0. The molecule has 2 aromatic rings. The van der Waals surface area contributed by atoms with Crippen LogP contribution in [0.3, 0.4) is 0 Å². The van der Waals surface area contributed by atoms with Gasteiger partial charge in [-0.2, -0.15) is 5.10 Å². The molecule has 0 unspecified atom stereocenters. The van der Waals surface area contributed by atoms with Crippen LogP contribution in [0.2, 0.25) is 0 Å². The van der Waals surface area contributed by atoms with Gasteiger partial charge in [-0.25, -0.2) is 13.1 Å². The first-order valence-electron chi connectivity index (χ1n) is 5.18. The maximum atomic E-state index is 12.0. The molecule has 6 nitrogen and oxygen atoms in total. The number of H-pyrrole nitrogens is 1. The van der Waals surface area contributed by atoms with Crippen molar-refractivity contribution in [2.45, 2.75) is 10.9 Å². The molecule has 1 fully saturated rings. The summed E-state index contributed by atoms with van der Waals surface area (Å²) in [5, 5.41) is 7.48. The summed E-state index contributed by atoms with van der Waals surface area (Å²) in [4.78, 5) is 0.237. The van der Waals surface area contributed by atoms with E-state index in [4.69, 9.17) is 4.74 Å². The molecule has 0 aliphatic carbocycles. The van der Waals surface area contributed by atoms with Crippen LogP contribution in [-0.4, -0.2) is 37.9 Å². The van der Waals surface area contributed by atoms with Gasteiger partial charge in [-0.15, -0.1) is 0 Å². The quantitative estimate of drug-likeness (QED) is 0.820. The average molecular weight is 253 g/mol. The molecule has 7 heteroatoms. The molecule has 0 bridgehead atoms. The van der Waals surface area contributed by atoms with Gasteiger partial charge >= 0.3 is 0 Å². The van der Waals surface area contributed by atoms with Gasteiger partial charge < -0.3 is 4.74 Å². The summed E-state index contributed by atoms with van der Waals surface area (Å²) in [5.74, 6) is 0. The van der Waals surface area contributed by atoms with Crippen LogP contribution in [0.4, 0.5) is 0 Å². The number of fused-ring (bicyclic) bond motifs is 1. The normalized spacial score (nSPS) is 17.2. The molecular formula is C10H11N3O3S. The van der Waals surface area contributed by atoms with E-state index >= 15 is 0 Å². The molecule has 17 heavy (non-hydrogen) atoms. The van der Waals surface area contributed by atoms with Gasteiger partial charge in [-0.3, -0.25) is 5.10 Å². The topological polar surface area (TPSA) is 84.1 Å². The number of nitrogens with one attached hydrogen (secondary N) is 2. The molecular weight excluding hydrogens is 242 g/mol. The lowest BCUT2D eigenvalue weighted by Gasteiger charge is -2.26. The molecule has 0 atom stereocenters. The predicted octanol–water partition coefficient (Wildman–Crippen LogP) is 0.240. The highest BCUT2D eigenvalue weighted by molar-refractivity contribution is 7.89. The molecule has 1 aliphatic heterocycles. The smallest absolute Gasteiger partial charge is 0.241 e. The van der Waals surface area contributed by atoms with Gasteiger partial charge in [0, 0.05) is 5.39 Å². The Morgan fingerprint density at radius 2 is 2.24 bits per heavy atom. The van der Waals surface area contributed by atoms with Gasteiger partial charge in [0.2, 0.25) is 10.0 Å². The number of hydrogen-bond acceptors (Lipinski definition) is 4. The van der Waals surface area contributed by atoms with Gasteiger partial charge in [0.05, 0.1) is 35.9 Å². The van der Waals surface area contributed by atoms with E-state index in [1.165, 1.54) is 0 Å². The molecule has 0 spiro atoms. The summed E-state index contributed by atoms with van der Waals surface area (Å²) < 4.78 is 31.5. The zero-order valence-corrected chi connectivity index (χ0v) is 9.70. The maximum Gasteiger partial charge on any atom is 0.241 e. The van der Waals surface area contributed by atoms with Gasteiger partial charge in [-0.05, 0) is 18.2 Å². The number of nitrogens with zero attached hydrogens (tertiary/aromatic N) is 1. The van der Waals surface area contributed by atoms with Crippen molar-refractivity contribution in [3.63, 3.8) is 0 Å². The van der Waals surface area contributed by atoms with Crippen molar-refractivity contribution < 1.29 is 13.2 Å². The highest BCUT2D eigenvalue weighted by Gasteiger charge is 2.25. The second-order valence-corrected chi connectivity index (χ2v) is 5.69. The molecule has 2 N–H and O–H groups in total. The van der Waals surface area contributed by atoms with Crippen molar-refractivity contribution in [3.05, 3.63) is 24.4 Å². The minimum atomic E-state index is -3.47. The zero-order valence-electron chi connectivity index (χ0n) is 8.88. The largest absolute Gasteiger partial charge is 0.378 e. The van der Waals surface area contributed by atoms with E-state index < -0.39 is 10.0 Å². The first-order chi connectivity index (χ1) is 8.15. The molecule has 90 valence electrons. The lowest BCUT2D eigenvalue weighted by Crippen LogP contribution is -2.48. The summed E-state index contributed by atoms with van der Waals surface area (Å²) in [5.41, 5.74) is 0.706. The molecule has 1 aromatic heterocycles. The Labute approximate surface area is 98.0 Å². The van der Waals surface area contributed by atoms with Crippen LogP contribution in [0.1, 0.15) is 0 Å². The third kappa shape index (κ3) is 1.92. The van der Waals surface area contributed by atoms with E-state index in [0.29, 0.717) is 18.7 Å². The fraction of sp³-hybridized carbons (Fsp3) is 0.300. The van der Waals surface area contributed by atoms with Gasteiger partial charge in [0.25, 0.3) is 0 Å². The first kappa shape index (κ1) is 10.7. The maximum absolute atomic E-state index is 12.0. The molecule has 2 heterocycles. The van der Waals surface area contributed by atoms with Crippen molar-refractivity contribution >= 4 is 20.9 Å². The molecule has 0 saturated carbocycles. The highest BCUT2D eigenvalue weighted by atomic mass is 32.2. The Morgan fingerprint density at radius 1 is 1.41 bits per heavy atom. The summed E-state index contributed by atoms with van der Waals surface area (Å²) in [6.45, 7) is 0.872. The molecule has 0 amide bonds. The minimum Gasteiger partial charge on any atom is -0.378 e. The van der Waals surface area contributed by atoms with Crippen LogP contribution < -0.4 is 4.72 Å².